The van der Waals surface area contributed by atoms with E-state index in [9.17, 15) is 4.79 Å². The van der Waals surface area contributed by atoms with E-state index in [-0.39, 0.29) is 5.91 Å². The molecule has 0 spiro atoms. The fourth-order valence-electron chi connectivity index (χ4n) is 3.17. The van der Waals surface area contributed by atoms with Gasteiger partial charge in [-0.3, -0.25) is 9.78 Å². The molecule has 0 unspecified atom stereocenters. The van der Waals surface area contributed by atoms with Gasteiger partial charge in [0.1, 0.15) is 0 Å². The first kappa shape index (κ1) is 15.2. The van der Waals surface area contributed by atoms with E-state index in [1.165, 1.54) is 11.3 Å². The number of aryl methyl sites for hydroxylation is 1. The third-order valence-electron chi connectivity index (χ3n) is 4.33. The summed E-state index contributed by atoms with van der Waals surface area (Å²) in [6.07, 6.45) is 9.70. The number of amides is 1. The van der Waals surface area contributed by atoms with Gasteiger partial charge in [0.2, 0.25) is 5.91 Å². The molecule has 1 amide bonds. The number of hydrogen-bond donors (Lipinski definition) is 0. The normalized spacial score (nSPS) is 18.4. The second-order valence-electron chi connectivity index (χ2n) is 5.89. The second kappa shape index (κ2) is 7.54. The first-order valence-corrected chi connectivity index (χ1v) is 8.91. The third kappa shape index (κ3) is 3.95. The van der Waals surface area contributed by atoms with Gasteiger partial charge in [-0.15, -0.1) is 11.3 Å². The van der Waals surface area contributed by atoms with Crippen LogP contribution in [0.2, 0.25) is 0 Å². The van der Waals surface area contributed by atoms with Crippen LogP contribution in [0.5, 0.6) is 0 Å². The van der Waals surface area contributed by atoms with Gasteiger partial charge in [0, 0.05) is 29.9 Å². The lowest BCUT2D eigenvalue weighted by Crippen LogP contribution is -2.44. The zero-order valence-electron chi connectivity index (χ0n) is 12.8. The number of pyridine rings is 1. The third-order valence-corrected chi connectivity index (χ3v) is 5.27. The van der Waals surface area contributed by atoms with Crippen molar-refractivity contribution in [2.45, 2.75) is 44.6 Å². The summed E-state index contributed by atoms with van der Waals surface area (Å²) in [5.41, 5.74) is 1.01. The van der Waals surface area contributed by atoms with E-state index < -0.39 is 0 Å². The summed E-state index contributed by atoms with van der Waals surface area (Å²) >= 11 is 1.81. The summed E-state index contributed by atoms with van der Waals surface area (Å²) in [7, 11) is 0. The van der Waals surface area contributed by atoms with Crippen LogP contribution in [-0.4, -0.2) is 28.4 Å². The highest BCUT2D eigenvalue weighted by atomic mass is 32.1. The Kier molecular flexibility index (Phi) is 5.22. The number of likely N-dealkylation sites (tertiary alicyclic amines) is 1. The Morgan fingerprint density at radius 2 is 2.27 bits per heavy atom. The summed E-state index contributed by atoms with van der Waals surface area (Å²) in [5.74, 6) is 0.254. The van der Waals surface area contributed by atoms with Gasteiger partial charge in [-0.05, 0) is 55.2 Å². The van der Waals surface area contributed by atoms with Crippen LogP contribution in [0, 0.1) is 0 Å². The molecule has 1 aliphatic heterocycles. The highest BCUT2D eigenvalue weighted by Crippen LogP contribution is 2.23. The molecule has 0 aliphatic carbocycles. The average molecular weight is 314 g/mol. The Bertz CT molecular complexity index is 582. The molecule has 0 aromatic carbocycles. The Morgan fingerprint density at radius 1 is 1.32 bits per heavy atom. The SMILES string of the molecule is O=C(Cc1cccnc1)N1CCCC[C@@H]1CCc1cccs1. The van der Waals surface area contributed by atoms with Crippen molar-refractivity contribution < 1.29 is 4.79 Å². The molecule has 3 nitrogen and oxygen atoms in total. The van der Waals surface area contributed by atoms with Gasteiger partial charge >= 0.3 is 0 Å². The van der Waals surface area contributed by atoms with Crippen LogP contribution >= 0.6 is 11.3 Å². The van der Waals surface area contributed by atoms with Crippen molar-refractivity contribution in [1.82, 2.24) is 9.88 Å². The van der Waals surface area contributed by atoms with E-state index in [4.69, 9.17) is 0 Å². The monoisotopic (exact) mass is 314 g/mol. The predicted octanol–water partition coefficient (Wildman–Crippen LogP) is 3.70. The number of aromatic nitrogens is 1. The van der Waals surface area contributed by atoms with Crippen molar-refractivity contribution in [3.8, 4) is 0 Å². The highest BCUT2D eigenvalue weighted by molar-refractivity contribution is 7.09. The molecular weight excluding hydrogens is 292 g/mol. The fourth-order valence-corrected chi connectivity index (χ4v) is 3.90. The maximum Gasteiger partial charge on any atom is 0.227 e. The van der Waals surface area contributed by atoms with Gasteiger partial charge < -0.3 is 4.90 Å². The van der Waals surface area contributed by atoms with E-state index in [1.807, 2.05) is 23.5 Å². The smallest absolute Gasteiger partial charge is 0.227 e. The first-order chi connectivity index (χ1) is 10.8. The molecule has 2 aromatic heterocycles. The minimum absolute atomic E-state index is 0.254. The summed E-state index contributed by atoms with van der Waals surface area (Å²) in [6, 6.07) is 8.57. The Hall–Kier alpha value is -1.68. The molecule has 0 bridgehead atoms. The van der Waals surface area contributed by atoms with Crippen LogP contribution < -0.4 is 0 Å². The van der Waals surface area contributed by atoms with Gasteiger partial charge in [-0.2, -0.15) is 0 Å². The molecule has 0 N–H and O–H groups in total. The molecule has 1 atom stereocenters. The maximum absolute atomic E-state index is 12.6. The van der Waals surface area contributed by atoms with Crippen molar-refractivity contribution in [3.05, 3.63) is 52.5 Å². The number of carbonyl (C=O) groups excluding carboxylic acids is 1. The lowest BCUT2D eigenvalue weighted by Gasteiger charge is -2.36. The van der Waals surface area contributed by atoms with Crippen molar-refractivity contribution in [3.63, 3.8) is 0 Å². The molecule has 22 heavy (non-hydrogen) atoms. The van der Waals surface area contributed by atoms with E-state index in [2.05, 4.69) is 27.4 Å². The van der Waals surface area contributed by atoms with Crippen molar-refractivity contribution >= 4 is 17.2 Å². The van der Waals surface area contributed by atoms with Crippen molar-refractivity contribution in [2.24, 2.45) is 0 Å². The molecule has 1 saturated heterocycles. The molecule has 1 aliphatic rings. The number of hydrogen-bond acceptors (Lipinski definition) is 3. The lowest BCUT2D eigenvalue weighted by molar-refractivity contribution is -0.134. The fraction of sp³-hybridized carbons (Fsp3) is 0.444. The Balaban J connectivity index is 1.60. The molecular formula is C18H22N2OS. The van der Waals surface area contributed by atoms with Crippen LogP contribution in [0.3, 0.4) is 0 Å². The van der Waals surface area contributed by atoms with Crippen LogP contribution in [0.1, 0.15) is 36.1 Å². The minimum atomic E-state index is 0.254. The maximum atomic E-state index is 12.6. The van der Waals surface area contributed by atoms with Crippen molar-refractivity contribution in [2.75, 3.05) is 6.54 Å². The summed E-state index contributed by atoms with van der Waals surface area (Å²) in [5, 5.41) is 2.13. The Labute approximate surface area is 136 Å². The quantitative estimate of drug-likeness (QED) is 0.843. The largest absolute Gasteiger partial charge is 0.339 e. The second-order valence-corrected chi connectivity index (χ2v) is 6.93. The number of rotatable bonds is 5. The molecule has 1 fully saturated rings. The molecule has 116 valence electrons. The summed E-state index contributed by atoms with van der Waals surface area (Å²) in [4.78, 5) is 20.3. The van der Waals surface area contributed by atoms with Gasteiger partial charge in [0.15, 0.2) is 0 Å². The molecule has 0 radical (unpaired) electrons. The Morgan fingerprint density at radius 3 is 3.05 bits per heavy atom. The molecule has 0 saturated carbocycles. The molecule has 4 heteroatoms. The van der Waals surface area contributed by atoms with Crippen molar-refractivity contribution in [1.29, 1.82) is 0 Å². The number of carbonyl (C=O) groups is 1. The first-order valence-electron chi connectivity index (χ1n) is 8.03. The molecule has 3 heterocycles. The van der Waals surface area contributed by atoms with Crippen LogP contribution in [0.4, 0.5) is 0 Å². The van der Waals surface area contributed by atoms with E-state index in [0.29, 0.717) is 12.5 Å². The predicted molar refractivity (Wildman–Crippen MR) is 89.9 cm³/mol. The van der Waals surface area contributed by atoms with Crippen LogP contribution in [0.25, 0.3) is 0 Å². The highest BCUT2D eigenvalue weighted by Gasteiger charge is 2.26. The van der Waals surface area contributed by atoms with Gasteiger partial charge in [-0.1, -0.05) is 12.1 Å². The van der Waals surface area contributed by atoms with Gasteiger partial charge in [-0.25, -0.2) is 0 Å². The minimum Gasteiger partial charge on any atom is -0.339 e. The van der Waals surface area contributed by atoms with Gasteiger partial charge in [0.25, 0.3) is 0 Å². The lowest BCUT2D eigenvalue weighted by atomic mass is 9.96. The van der Waals surface area contributed by atoms with Gasteiger partial charge in [0.05, 0.1) is 6.42 Å². The van der Waals surface area contributed by atoms with E-state index in [0.717, 1.165) is 37.8 Å². The number of thiophene rings is 1. The van der Waals surface area contributed by atoms with Crippen LogP contribution in [0.15, 0.2) is 42.0 Å². The van der Waals surface area contributed by atoms with E-state index in [1.54, 1.807) is 12.4 Å². The molecule has 3 rings (SSSR count). The standard InChI is InChI=1S/C18H22N2OS/c21-18(13-15-5-3-10-19-14-15)20-11-2-1-6-16(20)8-9-17-7-4-12-22-17/h3-5,7,10,12,14,16H,1-2,6,8-9,11,13H2/t16-/m1/s1. The summed E-state index contributed by atoms with van der Waals surface area (Å²) in [6.45, 7) is 0.911. The molecule has 2 aromatic rings. The van der Waals surface area contributed by atoms with Crippen LogP contribution in [-0.2, 0) is 17.6 Å². The number of piperidine rings is 1. The summed E-state index contributed by atoms with van der Waals surface area (Å²) < 4.78 is 0. The zero-order chi connectivity index (χ0) is 15.2. The number of nitrogens with zero attached hydrogens (tertiary/aromatic N) is 2. The zero-order valence-corrected chi connectivity index (χ0v) is 13.6. The topological polar surface area (TPSA) is 33.2 Å². The van der Waals surface area contributed by atoms with E-state index >= 15 is 0 Å². The average Bonchev–Trinajstić information content (AvgIpc) is 3.07.